The van der Waals surface area contributed by atoms with Crippen molar-refractivity contribution in [3.8, 4) is 16.8 Å². The Bertz CT molecular complexity index is 1190. The van der Waals surface area contributed by atoms with Crippen LogP contribution in [0.15, 0.2) is 103 Å². The van der Waals surface area contributed by atoms with Gasteiger partial charge < -0.3 is 24.8 Å². The summed E-state index contributed by atoms with van der Waals surface area (Å²) in [5.74, 6) is -1.17. The molecule has 6 nitrogen and oxygen atoms in total. The Balaban J connectivity index is 1.55. The Kier molecular flexibility index (Phi) is 7.54. The molecule has 0 saturated carbocycles. The quantitative estimate of drug-likeness (QED) is 0.334. The van der Waals surface area contributed by atoms with E-state index in [1.807, 2.05) is 89.8 Å². The van der Waals surface area contributed by atoms with Crippen LogP contribution in [0, 0.1) is 0 Å². The molecule has 3 aromatic carbocycles. The van der Waals surface area contributed by atoms with E-state index in [0.717, 1.165) is 22.4 Å². The number of aliphatic hydroxyl groups is 3. The maximum absolute atomic E-state index is 13.3. The minimum absolute atomic E-state index is 0.166. The molecule has 0 fully saturated rings. The number of hydrogen-bond donors (Lipinski definition) is 3. The smallest absolute Gasteiger partial charge is 0.232 e. The van der Waals surface area contributed by atoms with E-state index >= 15 is 0 Å². The van der Waals surface area contributed by atoms with Crippen molar-refractivity contribution in [1.29, 1.82) is 0 Å². The molecule has 0 aliphatic rings. The molecule has 1 amide bonds. The molecular weight excluding hydrogens is 428 g/mol. The van der Waals surface area contributed by atoms with Crippen molar-refractivity contribution in [2.45, 2.75) is 25.2 Å². The van der Waals surface area contributed by atoms with Gasteiger partial charge in [-0.3, -0.25) is 4.79 Å². The lowest BCUT2D eigenvalue weighted by Gasteiger charge is -2.26. The van der Waals surface area contributed by atoms with Gasteiger partial charge in [0.25, 0.3) is 0 Å². The van der Waals surface area contributed by atoms with Crippen molar-refractivity contribution in [3.05, 3.63) is 115 Å². The number of aliphatic hydroxyl groups excluding tert-OH is 2. The fourth-order valence-corrected chi connectivity index (χ4v) is 4.05. The Morgan fingerprint density at radius 1 is 0.824 bits per heavy atom. The van der Waals surface area contributed by atoms with Crippen LogP contribution < -0.4 is 0 Å². The van der Waals surface area contributed by atoms with Gasteiger partial charge >= 0.3 is 0 Å². The first kappa shape index (κ1) is 23.4. The van der Waals surface area contributed by atoms with Crippen LogP contribution in [0.3, 0.4) is 0 Å². The van der Waals surface area contributed by atoms with E-state index in [1.54, 1.807) is 6.07 Å². The number of benzene rings is 3. The highest BCUT2D eigenvalue weighted by Crippen LogP contribution is 2.27. The SMILES string of the molecule is O=C([C@@H](CC(O)O)c1ccn(-c2ccc(-c3ccccc3)cc2)c1)N(CO)Cc1ccccc1. The lowest BCUT2D eigenvalue weighted by molar-refractivity contribution is -0.140. The van der Waals surface area contributed by atoms with Crippen LogP contribution in [0.4, 0.5) is 0 Å². The average molecular weight is 457 g/mol. The van der Waals surface area contributed by atoms with Gasteiger partial charge in [0.05, 0.1) is 5.92 Å². The standard InChI is InChI=1S/C28H28N2O4/c31-20-30(18-21-7-3-1-4-8-21)28(34)26(17-27(32)33)24-15-16-29(19-24)25-13-11-23(12-14-25)22-9-5-2-6-10-22/h1-16,19,26-27,31-33H,17-18,20H2/t26-/m0/s1. The number of aromatic nitrogens is 1. The summed E-state index contributed by atoms with van der Waals surface area (Å²) in [6.45, 7) is -0.233. The number of carbonyl (C=O) groups excluding carboxylic acids is 1. The van der Waals surface area contributed by atoms with E-state index in [-0.39, 0.29) is 18.9 Å². The Morgan fingerprint density at radius 3 is 2.06 bits per heavy atom. The highest BCUT2D eigenvalue weighted by Gasteiger charge is 2.28. The molecule has 4 rings (SSSR count). The van der Waals surface area contributed by atoms with Gasteiger partial charge in [-0.05, 0) is 40.5 Å². The summed E-state index contributed by atoms with van der Waals surface area (Å²) in [6.07, 6.45) is 1.85. The first-order valence-corrected chi connectivity index (χ1v) is 11.2. The van der Waals surface area contributed by atoms with Gasteiger partial charge in [-0.25, -0.2) is 0 Å². The van der Waals surface area contributed by atoms with Crippen molar-refractivity contribution in [2.75, 3.05) is 6.73 Å². The molecule has 1 aromatic heterocycles. The van der Waals surface area contributed by atoms with Crippen LogP contribution in [0.1, 0.15) is 23.5 Å². The van der Waals surface area contributed by atoms with Gasteiger partial charge in [0.15, 0.2) is 6.29 Å². The number of hydrogen-bond acceptors (Lipinski definition) is 4. The van der Waals surface area contributed by atoms with Crippen molar-refractivity contribution in [1.82, 2.24) is 9.47 Å². The van der Waals surface area contributed by atoms with Gasteiger partial charge in [0, 0.05) is 31.0 Å². The van der Waals surface area contributed by atoms with E-state index in [9.17, 15) is 20.1 Å². The Morgan fingerprint density at radius 2 is 1.44 bits per heavy atom. The maximum atomic E-state index is 13.3. The molecule has 0 spiro atoms. The highest BCUT2D eigenvalue weighted by atomic mass is 16.5. The molecule has 1 atom stereocenters. The summed E-state index contributed by atoms with van der Waals surface area (Å²) in [4.78, 5) is 14.6. The van der Waals surface area contributed by atoms with Crippen LogP contribution in [-0.4, -0.2) is 43.7 Å². The second-order valence-electron chi connectivity index (χ2n) is 8.20. The molecule has 6 heteroatoms. The molecule has 174 valence electrons. The van der Waals surface area contributed by atoms with Crippen LogP contribution in [0.25, 0.3) is 16.8 Å². The largest absolute Gasteiger partial charge is 0.376 e. The number of nitrogens with zero attached hydrogens (tertiary/aromatic N) is 2. The van der Waals surface area contributed by atoms with E-state index in [0.29, 0.717) is 5.56 Å². The number of rotatable bonds is 9. The van der Waals surface area contributed by atoms with Crippen LogP contribution in [0.5, 0.6) is 0 Å². The fraction of sp³-hybridized carbons (Fsp3) is 0.179. The second-order valence-corrected chi connectivity index (χ2v) is 8.20. The van der Waals surface area contributed by atoms with E-state index in [1.165, 1.54) is 4.90 Å². The summed E-state index contributed by atoms with van der Waals surface area (Å²) in [6, 6.07) is 29.4. The molecule has 1 heterocycles. The highest BCUT2D eigenvalue weighted by molar-refractivity contribution is 5.83. The predicted octanol–water partition coefficient (Wildman–Crippen LogP) is 3.91. The molecule has 0 bridgehead atoms. The summed E-state index contributed by atoms with van der Waals surface area (Å²) >= 11 is 0. The van der Waals surface area contributed by atoms with Crippen molar-refractivity contribution >= 4 is 5.91 Å². The summed E-state index contributed by atoms with van der Waals surface area (Å²) in [5.41, 5.74) is 4.69. The zero-order valence-electron chi connectivity index (χ0n) is 18.7. The minimum atomic E-state index is -1.65. The maximum Gasteiger partial charge on any atom is 0.232 e. The molecule has 0 radical (unpaired) electrons. The Labute approximate surface area is 199 Å². The van der Waals surface area contributed by atoms with Gasteiger partial charge in [-0.2, -0.15) is 0 Å². The third-order valence-electron chi connectivity index (χ3n) is 5.83. The van der Waals surface area contributed by atoms with E-state index < -0.39 is 18.9 Å². The molecular formula is C28H28N2O4. The first-order valence-electron chi connectivity index (χ1n) is 11.2. The van der Waals surface area contributed by atoms with Crippen LogP contribution in [0.2, 0.25) is 0 Å². The fourth-order valence-electron chi connectivity index (χ4n) is 4.05. The zero-order valence-corrected chi connectivity index (χ0v) is 18.7. The summed E-state index contributed by atoms with van der Waals surface area (Å²) in [5, 5.41) is 29.2. The van der Waals surface area contributed by atoms with Crippen LogP contribution >= 0.6 is 0 Å². The average Bonchev–Trinajstić information content (AvgIpc) is 3.37. The minimum Gasteiger partial charge on any atom is -0.376 e. The molecule has 3 N–H and O–H groups in total. The van der Waals surface area contributed by atoms with Gasteiger partial charge in [-0.1, -0.05) is 72.8 Å². The summed E-state index contributed by atoms with van der Waals surface area (Å²) in [7, 11) is 0. The lowest BCUT2D eigenvalue weighted by Crippen LogP contribution is -2.36. The zero-order chi connectivity index (χ0) is 23.9. The molecule has 0 aliphatic carbocycles. The molecule has 0 saturated heterocycles. The third kappa shape index (κ3) is 5.61. The molecule has 0 unspecified atom stereocenters. The molecule has 4 aromatic rings. The monoisotopic (exact) mass is 456 g/mol. The summed E-state index contributed by atoms with van der Waals surface area (Å²) < 4.78 is 1.90. The molecule has 0 aliphatic heterocycles. The first-order chi connectivity index (χ1) is 16.5. The van der Waals surface area contributed by atoms with Gasteiger partial charge in [0.2, 0.25) is 5.91 Å². The third-order valence-corrected chi connectivity index (χ3v) is 5.83. The molecule has 34 heavy (non-hydrogen) atoms. The van der Waals surface area contributed by atoms with E-state index in [2.05, 4.69) is 12.1 Å². The second kappa shape index (κ2) is 10.9. The topological polar surface area (TPSA) is 85.9 Å². The van der Waals surface area contributed by atoms with Gasteiger partial charge in [0.1, 0.15) is 6.73 Å². The van der Waals surface area contributed by atoms with Crippen molar-refractivity contribution < 1.29 is 20.1 Å². The lowest BCUT2D eigenvalue weighted by atomic mass is 9.96. The normalized spacial score (nSPS) is 12.0. The van der Waals surface area contributed by atoms with E-state index in [4.69, 9.17) is 0 Å². The van der Waals surface area contributed by atoms with Gasteiger partial charge in [-0.15, -0.1) is 0 Å². The van der Waals surface area contributed by atoms with Crippen molar-refractivity contribution in [3.63, 3.8) is 0 Å². The number of carbonyl (C=O) groups is 1. The Hall–Kier alpha value is -3.71. The predicted molar refractivity (Wildman–Crippen MR) is 131 cm³/mol. The van der Waals surface area contributed by atoms with Crippen molar-refractivity contribution in [2.24, 2.45) is 0 Å². The number of amides is 1. The van der Waals surface area contributed by atoms with Crippen LogP contribution in [-0.2, 0) is 11.3 Å².